The number of rotatable bonds is 3. The number of aryl methyl sites for hydroxylation is 1. The Hall–Kier alpha value is -1.04. The molecule has 0 radical (unpaired) electrons. The topological polar surface area (TPSA) is 47.6 Å². The van der Waals surface area contributed by atoms with Gasteiger partial charge < -0.3 is 14.6 Å². The van der Waals surface area contributed by atoms with Crippen LogP contribution in [0.4, 0.5) is 0 Å². The van der Waals surface area contributed by atoms with E-state index in [-0.39, 0.29) is 5.91 Å². The molecule has 0 unspecified atom stereocenters. The molecule has 4 nitrogen and oxygen atoms in total. The Balaban J connectivity index is 1.92. The Labute approximate surface area is 143 Å². The molecule has 1 heterocycles. The van der Waals surface area contributed by atoms with Crippen LogP contribution in [-0.2, 0) is 9.31 Å². The number of amides is 1. The van der Waals surface area contributed by atoms with E-state index in [1.165, 1.54) is 0 Å². The first-order valence-corrected chi connectivity index (χ1v) is 8.45. The molecule has 6 heteroatoms. The van der Waals surface area contributed by atoms with Crippen molar-refractivity contribution in [1.29, 1.82) is 0 Å². The average molecular weight is 336 g/mol. The van der Waals surface area contributed by atoms with Gasteiger partial charge in [-0.3, -0.25) is 4.79 Å². The largest absolute Gasteiger partial charge is 0.495 e. The summed E-state index contributed by atoms with van der Waals surface area (Å²) in [5.74, 6) is -0.129. The molecule has 3 rings (SSSR count). The van der Waals surface area contributed by atoms with Crippen molar-refractivity contribution in [2.24, 2.45) is 0 Å². The minimum atomic E-state index is -0.496. The number of hydrogen-bond donors (Lipinski definition) is 1. The molecule has 0 bridgehead atoms. The van der Waals surface area contributed by atoms with E-state index in [4.69, 9.17) is 20.9 Å². The lowest BCUT2D eigenvalue weighted by Gasteiger charge is -2.32. The summed E-state index contributed by atoms with van der Waals surface area (Å²) in [6.45, 7) is 10.0. The van der Waals surface area contributed by atoms with Gasteiger partial charge in [-0.2, -0.15) is 0 Å². The van der Waals surface area contributed by atoms with E-state index in [0.29, 0.717) is 16.6 Å². The maximum absolute atomic E-state index is 12.4. The fraction of sp³-hybridized carbons (Fsp3) is 0.588. The smallest absolute Gasteiger partial charge is 0.399 e. The first kappa shape index (κ1) is 16.8. The van der Waals surface area contributed by atoms with Crippen molar-refractivity contribution in [1.82, 2.24) is 5.32 Å². The van der Waals surface area contributed by atoms with Gasteiger partial charge in [-0.1, -0.05) is 11.6 Å². The number of carbonyl (C=O) groups is 1. The van der Waals surface area contributed by atoms with Crippen LogP contribution in [0.2, 0.25) is 5.02 Å². The number of carbonyl (C=O) groups excluding carboxylic acids is 1. The summed E-state index contributed by atoms with van der Waals surface area (Å²) in [6.07, 6.45) is 2.08. The molecule has 1 aliphatic carbocycles. The third kappa shape index (κ3) is 3.15. The Kier molecular flexibility index (Phi) is 4.02. The average Bonchev–Trinajstić information content (AvgIpc) is 3.17. The second kappa shape index (κ2) is 5.50. The molecule has 1 aromatic carbocycles. The van der Waals surface area contributed by atoms with Crippen molar-refractivity contribution in [3.05, 3.63) is 28.3 Å². The molecule has 1 amide bonds. The summed E-state index contributed by atoms with van der Waals surface area (Å²) in [6, 6.07) is 3.90. The summed E-state index contributed by atoms with van der Waals surface area (Å²) >= 11 is 6.28. The van der Waals surface area contributed by atoms with Crippen molar-refractivity contribution in [3.8, 4) is 0 Å². The summed E-state index contributed by atoms with van der Waals surface area (Å²) in [5, 5.41) is 3.43. The predicted molar refractivity (Wildman–Crippen MR) is 92.4 cm³/mol. The zero-order valence-corrected chi connectivity index (χ0v) is 15.1. The van der Waals surface area contributed by atoms with Gasteiger partial charge in [-0.15, -0.1) is 0 Å². The first-order valence-electron chi connectivity index (χ1n) is 8.07. The molecular weight excluding hydrogens is 312 g/mol. The monoisotopic (exact) mass is 335 g/mol. The highest BCUT2D eigenvalue weighted by Crippen LogP contribution is 2.37. The number of halogens is 1. The Morgan fingerprint density at radius 1 is 1.22 bits per heavy atom. The van der Waals surface area contributed by atoms with Crippen LogP contribution in [0.5, 0.6) is 0 Å². The molecule has 1 aromatic rings. The lowest BCUT2D eigenvalue weighted by atomic mass is 9.75. The third-order valence-electron chi connectivity index (χ3n) is 5.02. The van der Waals surface area contributed by atoms with Crippen LogP contribution in [0.3, 0.4) is 0 Å². The lowest BCUT2D eigenvalue weighted by Crippen LogP contribution is -2.41. The summed E-state index contributed by atoms with van der Waals surface area (Å²) in [5.41, 5.74) is 1.46. The van der Waals surface area contributed by atoms with Crippen molar-refractivity contribution < 1.29 is 14.1 Å². The molecule has 2 fully saturated rings. The minimum Gasteiger partial charge on any atom is -0.399 e. The van der Waals surface area contributed by atoms with Gasteiger partial charge in [0.25, 0.3) is 5.91 Å². The second-order valence-corrected chi connectivity index (χ2v) is 7.93. The quantitative estimate of drug-likeness (QED) is 0.864. The standard InChI is InChI=1S/C17H23BClNO3/c1-10-8-14(19)12(15(21)20-11-6-7-11)9-13(10)18-22-16(2,3)17(4,5)23-18/h8-9,11H,6-7H2,1-5H3,(H,20,21). The highest BCUT2D eigenvalue weighted by atomic mass is 35.5. The highest BCUT2D eigenvalue weighted by Gasteiger charge is 2.52. The number of hydrogen-bond acceptors (Lipinski definition) is 3. The van der Waals surface area contributed by atoms with Gasteiger partial charge in [0, 0.05) is 6.04 Å². The second-order valence-electron chi connectivity index (χ2n) is 7.52. The Morgan fingerprint density at radius 3 is 2.30 bits per heavy atom. The van der Waals surface area contributed by atoms with E-state index >= 15 is 0 Å². The zero-order valence-electron chi connectivity index (χ0n) is 14.3. The van der Waals surface area contributed by atoms with Crippen LogP contribution in [0.15, 0.2) is 12.1 Å². The first-order chi connectivity index (χ1) is 10.6. The molecule has 124 valence electrons. The van der Waals surface area contributed by atoms with Gasteiger partial charge >= 0.3 is 7.12 Å². The molecule has 23 heavy (non-hydrogen) atoms. The maximum atomic E-state index is 12.4. The normalized spacial score (nSPS) is 22.3. The molecule has 1 saturated heterocycles. The molecule has 2 aliphatic rings. The molecule has 1 saturated carbocycles. The predicted octanol–water partition coefficient (Wildman–Crippen LogP) is 2.84. The summed E-state index contributed by atoms with van der Waals surface area (Å²) in [4.78, 5) is 12.4. The Bertz CT molecular complexity index is 639. The van der Waals surface area contributed by atoms with E-state index in [1.807, 2.05) is 40.7 Å². The number of benzene rings is 1. The van der Waals surface area contributed by atoms with E-state index < -0.39 is 18.3 Å². The number of nitrogens with one attached hydrogen (secondary N) is 1. The van der Waals surface area contributed by atoms with E-state index in [9.17, 15) is 4.79 Å². The zero-order chi connectivity index (χ0) is 17.0. The molecule has 0 spiro atoms. The fourth-order valence-corrected chi connectivity index (χ4v) is 2.88. The summed E-state index contributed by atoms with van der Waals surface area (Å²) < 4.78 is 12.2. The van der Waals surface area contributed by atoms with Gasteiger partial charge in [0.05, 0.1) is 21.8 Å². The van der Waals surface area contributed by atoms with Crippen molar-refractivity contribution in [2.75, 3.05) is 0 Å². The minimum absolute atomic E-state index is 0.129. The van der Waals surface area contributed by atoms with Gasteiger partial charge in [0.1, 0.15) is 0 Å². The van der Waals surface area contributed by atoms with Crippen molar-refractivity contribution >= 4 is 30.1 Å². The summed E-state index contributed by atoms with van der Waals surface area (Å²) in [7, 11) is -0.496. The Morgan fingerprint density at radius 2 is 1.78 bits per heavy atom. The SMILES string of the molecule is Cc1cc(Cl)c(C(=O)NC2CC2)cc1B1OC(C)(C)C(C)(C)O1. The van der Waals surface area contributed by atoms with Crippen LogP contribution in [0.1, 0.15) is 56.5 Å². The van der Waals surface area contributed by atoms with E-state index in [0.717, 1.165) is 23.9 Å². The molecule has 0 aromatic heterocycles. The van der Waals surface area contributed by atoms with Crippen LogP contribution in [-0.4, -0.2) is 30.3 Å². The van der Waals surface area contributed by atoms with Crippen molar-refractivity contribution in [2.45, 2.75) is 64.7 Å². The lowest BCUT2D eigenvalue weighted by molar-refractivity contribution is 0.00578. The van der Waals surface area contributed by atoms with Crippen LogP contribution in [0, 0.1) is 6.92 Å². The van der Waals surface area contributed by atoms with Gasteiger partial charge in [0.15, 0.2) is 0 Å². The van der Waals surface area contributed by atoms with Gasteiger partial charge in [-0.25, -0.2) is 0 Å². The van der Waals surface area contributed by atoms with E-state index in [1.54, 1.807) is 6.07 Å². The molecule has 1 N–H and O–H groups in total. The molecule has 1 aliphatic heterocycles. The van der Waals surface area contributed by atoms with Crippen LogP contribution in [0.25, 0.3) is 0 Å². The molecule has 0 atom stereocenters. The fourth-order valence-electron chi connectivity index (χ4n) is 2.58. The van der Waals surface area contributed by atoms with Gasteiger partial charge in [0.2, 0.25) is 0 Å². The van der Waals surface area contributed by atoms with Gasteiger partial charge in [-0.05, 0) is 70.6 Å². The highest BCUT2D eigenvalue weighted by molar-refractivity contribution is 6.63. The van der Waals surface area contributed by atoms with E-state index in [2.05, 4.69) is 5.32 Å². The van der Waals surface area contributed by atoms with Crippen LogP contribution < -0.4 is 10.8 Å². The van der Waals surface area contributed by atoms with Crippen molar-refractivity contribution in [3.63, 3.8) is 0 Å². The maximum Gasteiger partial charge on any atom is 0.495 e. The van der Waals surface area contributed by atoms with Crippen LogP contribution >= 0.6 is 11.6 Å². The molecular formula is C17H23BClNO3. The third-order valence-corrected chi connectivity index (χ3v) is 5.33.